The smallest absolute Gasteiger partial charge is 0.407 e. The minimum atomic E-state index is -1.15. The van der Waals surface area contributed by atoms with E-state index in [1.54, 1.807) is 99.8 Å². The van der Waals surface area contributed by atoms with Crippen LogP contribution >= 0.6 is 0 Å². The number of carbonyl (C=O) groups is 9. The number of methoxy groups -OCH3 is 2. The Balaban J connectivity index is 0.000000271. The van der Waals surface area contributed by atoms with Crippen LogP contribution in [-0.2, 0) is 80.5 Å². The number of rotatable bonds is 28. The fraction of sp³-hybridized carbons (Fsp3) is 0.390. The number of alkyl carbamates (subject to hydrolysis) is 2. The molecule has 9 aromatic rings. The number of carbonyl (C=O) groups excluding carboxylic acids is 8. The van der Waals surface area contributed by atoms with Gasteiger partial charge in [0.2, 0.25) is 11.8 Å². The van der Waals surface area contributed by atoms with Crippen molar-refractivity contribution in [2.45, 2.75) is 186 Å². The van der Waals surface area contributed by atoms with Gasteiger partial charge in [-0.05, 0) is 115 Å². The average Bonchev–Trinajstić information content (AvgIpc) is 1.66. The number of nitrogen functional groups attached to an aromatic ring is 1. The number of alkyl halides is 1. The first kappa shape index (κ1) is 110. The Hall–Kier alpha value is -15.2. The second-order valence-corrected chi connectivity index (χ2v) is 36.8. The molecule has 0 saturated heterocycles. The molecule has 0 spiro atoms. The molecule has 5 aromatic heterocycles. The van der Waals surface area contributed by atoms with Gasteiger partial charge in [-0.1, -0.05) is 157 Å². The number of carboxylic acids is 1. The van der Waals surface area contributed by atoms with Crippen molar-refractivity contribution in [2.24, 2.45) is 36.6 Å². The summed E-state index contributed by atoms with van der Waals surface area (Å²) in [6.07, 6.45) is 12.7. The Kier molecular flexibility index (Phi) is 39.2. The number of aliphatic imine (C=N–C) groups is 3. The van der Waals surface area contributed by atoms with Crippen molar-refractivity contribution in [3.63, 3.8) is 0 Å². The number of fused-ring (bicyclic) bond motifs is 4. The average molecular weight is 1910 g/mol. The number of aromatic nitrogens is 6. The van der Waals surface area contributed by atoms with Gasteiger partial charge < -0.3 is 69.1 Å². The molecule has 0 saturated carbocycles. The predicted molar refractivity (Wildman–Crippen MR) is 526 cm³/mol. The van der Waals surface area contributed by atoms with E-state index in [2.05, 4.69) is 45.1 Å². The Labute approximate surface area is 799 Å². The van der Waals surface area contributed by atoms with E-state index in [4.69, 9.17) is 12.2 Å². The number of nitrogens with zero attached hydrogens (tertiary/aromatic N) is 12. The number of H-pyrrole nitrogens is 1. The molecular formula is C100H123FN16O21. The lowest BCUT2D eigenvalue weighted by atomic mass is 9.83. The van der Waals surface area contributed by atoms with E-state index in [0.29, 0.717) is 83.6 Å². The van der Waals surface area contributed by atoms with Gasteiger partial charge in [-0.25, -0.2) is 19.4 Å². The number of halogens is 1. The fourth-order valence-corrected chi connectivity index (χ4v) is 14.1. The highest BCUT2D eigenvalue weighted by molar-refractivity contribution is 6.10. The van der Waals surface area contributed by atoms with Crippen molar-refractivity contribution < 1.29 is 78.4 Å². The van der Waals surface area contributed by atoms with Crippen LogP contribution in [0.4, 0.5) is 48.1 Å². The molecule has 3 aliphatic heterocycles. The topological polar surface area (TPSA) is 509 Å². The molecule has 37 nitrogen and oxygen atoms in total. The number of Topliss-reactive ketones (excluding diaryl/α,β-unsaturated/α-hetero) is 4. The number of nitrogens with two attached hydrogens (primary N) is 1. The number of ether oxygens (including phenoxy) is 2. The molecule has 1 unspecified atom stereocenters. The number of benzene rings is 4. The summed E-state index contributed by atoms with van der Waals surface area (Å²) < 4.78 is 30.0. The molecule has 0 bridgehead atoms. The number of amides is 4. The van der Waals surface area contributed by atoms with Crippen LogP contribution in [0.2, 0.25) is 0 Å². The lowest BCUT2D eigenvalue weighted by Gasteiger charge is -2.27. The third-order valence-electron chi connectivity index (χ3n) is 21.4. The van der Waals surface area contributed by atoms with Gasteiger partial charge in [-0.2, -0.15) is 0 Å². The number of likely N-dealkylation sites (N-methyl/N-ethyl adjacent to an activating group) is 2. The van der Waals surface area contributed by atoms with Gasteiger partial charge in [-0.3, -0.25) is 87.5 Å². The van der Waals surface area contributed by atoms with Crippen LogP contribution in [-0.4, -0.2) is 190 Å². The van der Waals surface area contributed by atoms with E-state index < -0.39 is 92.1 Å². The highest BCUT2D eigenvalue weighted by Gasteiger charge is 2.34. The molecule has 12 rings (SSSR count). The van der Waals surface area contributed by atoms with E-state index in [9.17, 15) is 92.1 Å². The number of hydrogen-bond donors (Lipinski definition) is 6. The second-order valence-electron chi connectivity index (χ2n) is 36.8. The molecule has 3 atom stereocenters. The number of imidazole rings is 1. The van der Waals surface area contributed by atoms with Crippen LogP contribution in [0.3, 0.4) is 0 Å². The number of ketones is 4. The molecule has 138 heavy (non-hydrogen) atoms. The summed E-state index contributed by atoms with van der Waals surface area (Å²) >= 11 is 0. The van der Waals surface area contributed by atoms with Crippen molar-refractivity contribution in [3.05, 3.63) is 282 Å². The van der Waals surface area contributed by atoms with Gasteiger partial charge >= 0.3 is 40.6 Å². The van der Waals surface area contributed by atoms with Crippen LogP contribution in [0, 0.1) is 41.9 Å². The summed E-state index contributed by atoms with van der Waals surface area (Å²) in [4.78, 5) is 203. The molecule has 4 amide bonds. The first-order chi connectivity index (χ1) is 64.7. The third kappa shape index (κ3) is 30.4. The quantitative estimate of drug-likeness (QED) is 0.0115. The van der Waals surface area contributed by atoms with Gasteiger partial charge in [0.15, 0.2) is 23.1 Å². The van der Waals surface area contributed by atoms with Gasteiger partial charge in [0.25, 0.3) is 11.1 Å². The van der Waals surface area contributed by atoms with Gasteiger partial charge in [-0.15, -0.1) is 0 Å². The Bertz CT molecular complexity index is 6470. The largest absolute Gasteiger partial charge is 0.480 e. The van der Waals surface area contributed by atoms with Crippen molar-refractivity contribution in [1.29, 1.82) is 0 Å². The maximum absolute atomic E-state index is 13.3. The summed E-state index contributed by atoms with van der Waals surface area (Å²) in [6, 6.07) is 32.2. The molecule has 0 aliphatic carbocycles. The van der Waals surface area contributed by atoms with E-state index in [0.717, 1.165) is 52.2 Å². The summed E-state index contributed by atoms with van der Waals surface area (Å²) in [5.74, 6) is -1.35. The molecule has 4 aromatic carbocycles. The maximum Gasteiger partial charge on any atom is 0.407 e. The molecule has 736 valence electrons. The molecule has 7 N–H and O–H groups in total. The first-order valence-corrected chi connectivity index (χ1v) is 43.5. The predicted octanol–water partition coefficient (Wildman–Crippen LogP) is 14.2. The van der Waals surface area contributed by atoms with Crippen LogP contribution in [0.25, 0.3) is 11.0 Å². The van der Waals surface area contributed by atoms with Crippen molar-refractivity contribution in [2.75, 3.05) is 55.3 Å². The molecular weight excluding hydrogens is 1780 g/mol. The zero-order valence-electron chi connectivity index (χ0n) is 81.1. The summed E-state index contributed by atoms with van der Waals surface area (Å²) in [5, 5.41) is 46.1. The third-order valence-corrected chi connectivity index (χ3v) is 21.4. The van der Waals surface area contributed by atoms with Crippen LogP contribution in [0.1, 0.15) is 188 Å². The number of para-hydroxylation sites is 4. The normalized spacial score (nSPS) is 13.0. The van der Waals surface area contributed by atoms with Crippen molar-refractivity contribution >= 4 is 115 Å². The maximum atomic E-state index is 13.3. The monoisotopic (exact) mass is 1900 g/mol. The number of aromatic amines is 1. The number of nitrogens with one attached hydrogen (secondary N) is 3. The minimum absolute atomic E-state index is 0. The van der Waals surface area contributed by atoms with E-state index >= 15 is 0 Å². The van der Waals surface area contributed by atoms with Crippen LogP contribution in [0.5, 0.6) is 0 Å². The number of aliphatic hydroxyl groups excluding tert-OH is 1. The van der Waals surface area contributed by atoms with Gasteiger partial charge in [0, 0.05) is 152 Å². The Morgan fingerprint density at radius 1 is 0.543 bits per heavy atom. The highest BCUT2D eigenvalue weighted by atomic mass is 19.1. The number of pyridine rings is 4. The van der Waals surface area contributed by atoms with Crippen LogP contribution < -0.4 is 38.6 Å². The minimum Gasteiger partial charge on any atom is -0.480 e. The van der Waals surface area contributed by atoms with E-state index in [1.807, 2.05) is 138 Å². The number of anilines is 1. The Morgan fingerprint density at radius 2 is 0.920 bits per heavy atom. The number of carboxylic acid groups (broad SMARTS) is 1. The summed E-state index contributed by atoms with van der Waals surface area (Å²) in [5.41, 5.74) is 12.5. The lowest BCUT2D eigenvalue weighted by molar-refractivity contribution is -0.386. The zero-order valence-corrected chi connectivity index (χ0v) is 80.1. The second kappa shape index (κ2) is 49.3. The van der Waals surface area contributed by atoms with Gasteiger partial charge in [0.05, 0.1) is 105 Å². The molecule has 8 heterocycles. The molecule has 0 radical (unpaired) electrons. The van der Waals surface area contributed by atoms with Crippen LogP contribution in [0.15, 0.2) is 205 Å². The first-order valence-electron chi connectivity index (χ1n) is 44.2. The number of aliphatic hydroxyl groups is 1. The fourth-order valence-electron chi connectivity index (χ4n) is 14.1. The SMILES string of the molecule is C.CC(C)(C)C(=O)c1cccc2c1N=C(Cn1cccc(N)c1=O)C2.CC(C)(C)C(=O)c1cccc2c1N=C(Cn1cccc([N+](=O)[O-])c1=O)C2.CC(C)(C)C(O)c1cccc2c1N=C(Cn1cccc([N+](=O)[O-])c1=O)C2.COC(=O)N[C@@H](CC/C=C/C(=O)N(C)C)C(=O)Cc1cccn(Cc2nc3c(C(=O)C(C)(C)C)cccc3[nH]2)c1=O.COC(=O)N[C@@H](CC/C=C/C(=O)N(C)C)C(=O)O.[2H]CF. The van der Waals surface area contributed by atoms with E-state index in [1.165, 1.54) is 79.4 Å². The standard InChI is InChI=1S/C30H37N5O6.C19H21N3O4.C19H19N3O4.C19H21N3O2.C11H18N2O5.CH3F.CH4/c1-30(2,3)27(38)20-12-9-14-22-26(20)33-24(31-22)18-35-16-10-11-19(28(35)39)17-23(36)21(32-29(40)41-6)13-7-8-15-25(37)34(4)5;2*1-19(2,3)17(23)14-7-4-6-12-10-13(20-16(12)14)11-21-9-5-8-15(18(21)24)22(25)26;1-19(2,3)17(23)14-7-4-6-12-10-13(21-16(12)14)11-22-9-5-8-15(20)18(22)24;1-13(2)9(14)7-5-4-6-8(10(15)16)12-11(17)18-3;1-2;/h8-12,14-16,21H,7,13,17-18H2,1-6H3,(H,31,33)(H,32,40);4-9,17,23H,10-11H2,1-3H3;4-9H,10-11H2,1-3H3;4-9H,10-11,20H2,1-3H3;5,7-8H,4,6H2,1-3H3,(H,12,17)(H,15,16);1H3;1H4/b15-8+;;;;7-5+;;/t21-;;;;8-;;/m0...0../s1/i;;;;;1D;. The van der Waals surface area contributed by atoms with Crippen molar-refractivity contribution in [3.8, 4) is 0 Å². The molecule has 3 aliphatic rings. The number of hydrogen-bond acceptors (Lipinski definition) is 25. The number of nitro groups is 2. The summed E-state index contributed by atoms with van der Waals surface area (Å²) in [6.45, 7) is 23.5. The zero-order chi connectivity index (χ0) is 103. The highest BCUT2D eigenvalue weighted by Crippen LogP contribution is 2.42. The Morgan fingerprint density at radius 3 is 1.34 bits per heavy atom. The van der Waals surface area contributed by atoms with Crippen molar-refractivity contribution in [1.82, 2.24) is 48.7 Å². The number of allylic oxidation sites excluding steroid dienone is 2. The van der Waals surface area contributed by atoms with E-state index in [-0.39, 0.29) is 109 Å². The summed E-state index contributed by atoms with van der Waals surface area (Å²) in [7, 11) is 7.84. The van der Waals surface area contributed by atoms with Gasteiger partial charge in [0.1, 0.15) is 11.9 Å². The number of aliphatic carboxylic acids is 1. The lowest BCUT2D eigenvalue weighted by Crippen LogP contribution is -2.42. The molecule has 0 fully saturated rings. The molecule has 38 heteroatoms.